The summed E-state index contributed by atoms with van der Waals surface area (Å²) >= 11 is 4.28. The van der Waals surface area contributed by atoms with Gasteiger partial charge >= 0.3 is 0 Å². The second-order valence-corrected chi connectivity index (χ2v) is 8.52. The molecule has 9 heteroatoms. The molecule has 1 aromatic carbocycles. The van der Waals surface area contributed by atoms with Crippen molar-refractivity contribution in [1.82, 2.24) is 9.80 Å². The molecule has 0 radical (unpaired) electrons. The molecule has 0 bridgehead atoms. The smallest absolute Gasteiger partial charge is 0.294 e. The minimum absolute atomic E-state index is 0.181. The summed E-state index contributed by atoms with van der Waals surface area (Å²) < 4.78 is 11.6. The summed E-state index contributed by atoms with van der Waals surface area (Å²) in [7, 11) is 1.55. The Balaban J connectivity index is 1.78. The zero-order chi connectivity index (χ0) is 21.0. The zero-order valence-corrected chi connectivity index (χ0v) is 18.8. The number of piperidine rings is 1. The number of carbonyl (C=O) groups is 3. The van der Waals surface area contributed by atoms with Crippen LogP contribution >= 0.6 is 27.7 Å². The van der Waals surface area contributed by atoms with Crippen LogP contribution in [0.15, 0.2) is 21.5 Å². The number of hydrogen-bond acceptors (Lipinski definition) is 6. The number of hydrogen-bond donors (Lipinski definition) is 0. The van der Waals surface area contributed by atoms with E-state index >= 15 is 0 Å². The van der Waals surface area contributed by atoms with E-state index in [1.165, 1.54) is 0 Å². The van der Waals surface area contributed by atoms with Crippen molar-refractivity contribution in [2.24, 2.45) is 0 Å². The van der Waals surface area contributed by atoms with Crippen LogP contribution < -0.4 is 9.47 Å². The zero-order valence-electron chi connectivity index (χ0n) is 16.4. The summed E-state index contributed by atoms with van der Waals surface area (Å²) in [4.78, 5) is 40.6. The van der Waals surface area contributed by atoms with Crippen LogP contribution in [0.25, 0.3) is 6.08 Å². The maximum Gasteiger partial charge on any atom is 0.294 e. The van der Waals surface area contributed by atoms with E-state index in [4.69, 9.17) is 9.47 Å². The van der Waals surface area contributed by atoms with E-state index < -0.39 is 11.1 Å². The Morgan fingerprint density at radius 2 is 1.97 bits per heavy atom. The first-order chi connectivity index (χ1) is 13.9. The van der Waals surface area contributed by atoms with Crippen molar-refractivity contribution in [2.75, 3.05) is 33.4 Å². The van der Waals surface area contributed by atoms with Gasteiger partial charge in [0.05, 0.1) is 23.1 Å². The van der Waals surface area contributed by atoms with Gasteiger partial charge in [-0.2, -0.15) is 0 Å². The number of halogens is 1. The molecule has 156 valence electrons. The second-order valence-electron chi connectivity index (χ2n) is 6.68. The lowest BCUT2D eigenvalue weighted by molar-refractivity contribution is -0.136. The molecule has 7 nitrogen and oxygen atoms in total. The summed E-state index contributed by atoms with van der Waals surface area (Å²) in [5, 5.41) is -0.427. The number of amides is 3. The van der Waals surface area contributed by atoms with Gasteiger partial charge in [0.25, 0.3) is 11.1 Å². The Kier molecular flexibility index (Phi) is 7.23. The first-order valence-corrected chi connectivity index (χ1v) is 11.1. The highest BCUT2D eigenvalue weighted by molar-refractivity contribution is 9.10. The maximum atomic E-state index is 12.7. The molecule has 2 aliphatic heterocycles. The highest BCUT2D eigenvalue weighted by atomic mass is 79.9. The van der Waals surface area contributed by atoms with Crippen molar-refractivity contribution in [3.05, 3.63) is 27.1 Å². The standard InChI is InChI=1S/C20H23BrN2O5S/c1-3-28-15-10-13(9-14(21)18(15)27-2)11-16-19(25)23(20(26)29-16)12-17(24)22-7-5-4-6-8-22/h9-11H,3-8,12H2,1-2H3/b16-11+. The number of ether oxygens (including phenoxy) is 2. The van der Waals surface area contributed by atoms with E-state index in [1.807, 2.05) is 6.92 Å². The number of nitrogens with zero attached hydrogens (tertiary/aromatic N) is 2. The molecule has 3 amide bonds. The molecule has 29 heavy (non-hydrogen) atoms. The summed E-state index contributed by atoms with van der Waals surface area (Å²) in [6.07, 6.45) is 4.66. The first kappa shape index (κ1) is 21.7. The highest BCUT2D eigenvalue weighted by Crippen LogP contribution is 2.39. The molecule has 1 aromatic rings. The van der Waals surface area contributed by atoms with Crippen LogP contribution in [0, 0.1) is 0 Å². The molecule has 2 saturated heterocycles. The predicted octanol–water partition coefficient (Wildman–Crippen LogP) is 3.91. The van der Waals surface area contributed by atoms with Crippen LogP contribution in [0.3, 0.4) is 0 Å². The molecular formula is C20H23BrN2O5S. The molecule has 3 rings (SSSR count). The largest absolute Gasteiger partial charge is 0.492 e. The van der Waals surface area contributed by atoms with Crippen molar-refractivity contribution in [2.45, 2.75) is 26.2 Å². The van der Waals surface area contributed by atoms with Crippen LogP contribution in [0.5, 0.6) is 11.5 Å². The van der Waals surface area contributed by atoms with Gasteiger partial charge in [-0.1, -0.05) is 0 Å². The van der Waals surface area contributed by atoms with E-state index in [-0.39, 0.29) is 17.4 Å². The van der Waals surface area contributed by atoms with Crippen LogP contribution in [-0.2, 0) is 9.59 Å². The van der Waals surface area contributed by atoms with Gasteiger partial charge in [-0.15, -0.1) is 0 Å². The molecule has 0 N–H and O–H groups in total. The molecule has 0 aliphatic carbocycles. The SMILES string of the molecule is CCOc1cc(/C=C2/SC(=O)N(CC(=O)N3CCCCC3)C2=O)cc(Br)c1OC. The highest BCUT2D eigenvalue weighted by Gasteiger charge is 2.37. The average molecular weight is 483 g/mol. The molecule has 0 aromatic heterocycles. The molecule has 0 unspecified atom stereocenters. The van der Waals surface area contributed by atoms with Crippen molar-refractivity contribution >= 4 is 50.8 Å². The molecule has 0 saturated carbocycles. The monoisotopic (exact) mass is 482 g/mol. The second kappa shape index (κ2) is 9.67. The first-order valence-electron chi connectivity index (χ1n) is 9.48. The van der Waals surface area contributed by atoms with Crippen LogP contribution in [0.2, 0.25) is 0 Å². The third-order valence-corrected chi connectivity index (χ3v) is 6.21. The number of thioether (sulfide) groups is 1. The van der Waals surface area contributed by atoms with Gasteiger partial charge in [0.2, 0.25) is 5.91 Å². The fourth-order valence-electron chi connectivity index (χ4n) is 3.30. The van der Waals surface area contributed by atoms with Crippen LogP contribution in [0.4, 0.5) is 4.79 Å². The van der Waals surface area contributed by atoms with Gasteiger partial charge in [0.15, 0.2) is 11.5 Å². The minimum Gasteiger partial charge on any atom is -0.492 e. The Morgan fingerprint density at radius 1 is 1.24 bits per heavy atom. The molecular weight excluding hydrogens is 460 g/mol. The van der Waals surface area contributed by atoms with E-state index in [1.54, 1.807) is 30.2 Å². The topological polar surface area (TPSA) is 76.2 Å². The Morgan fingerprint density at radius 3 is 2.62 bits per heavy atom. The average Bonchev–Trinajstić information content (AvgIpc) is 2.96. The van der Waals surface area contributed by atoms with Crippen molar-refractivity contribution in [3.63, 3.8) is 0 Å². The number of benzene rings is 1. The molecule has 0 atom stereocenters. The molecule has 2 heterocycles. The van der Waals surface area contributed by atoms with Crippen LogP contribution in [0.1, 0.15) is 31.7 Å². The number of likely N-dealkylation sites (tertiary alicyclic amines) is 1. The van der Waals surface area contributed by atoms with Crippen LogP contribution in [-0.4, -0.2) is 60.2 Å². The molecule has 2 aliphatic rings. The Bertz CT molecular complexity index is 852. The van der Waals surface area contributed by atoms with E-state index in [2.05, 4.69) is 15.9 Å². The number of imide groups is 1. The maximum absolute atomic E-state index is 12.7. The summed E-state index contributed by atoms with van der Waals surface area (Å²) in [5.41, 5.74) is 0.689. The fraction of sp³-hybridized carbons (Fsp3) is 0.450. The Hall–Kier alpha value is -2.00. The number of rotatable bonds is 6. The lowest BCUT2D eigenvalue weighted by atomic mass is 10.1. The number of carbonyl (C=O) groups excluding carboxylic acids is 3. The summed E-state index contributed by atoms with van der Waals surface area (Å²) in [5.74, 6) is 0.466. The Labute approximate surface area is 182 Å². The third-order valence-electron chi connectivity index (χ3n) is 4.71. The predicted molar refractivity (Wildman–Crippen MR) is 115 cm³/mol. The number of methoxy groups -OCH3 is 1. The van der Waals surface area contributed by atoms with Gasteiger partial charge in [0, 0.05) is 13.1 Å². The summed E-state index contributed by atoms with van der Waals surface area (Å²) in [6, 6.07) is 3.54. The van der Waals surface area contributed by atoms with E-state index in [0.717, 1.165) is 35.9 Å². The minimum atomic E-state index is -0.449. The summed E-state index contributed by atoms with van der Waals surface area (Å²) in [6.45, 7) is 3.49. The van der Waals surface area contributed by atoms with E-state index in [0.29, 0.717) is 41.2 Å². The normalized spacial score (nSPS) is 18.5. The quantitative estimate of drug-likeness (QED) is 0.572. The molecule has 2 fully saturated rings. The van der Waals surface area contributed by atoms with Crippen molar-refractivity contribution in [3.8, 4) is 11.5 Å². The third kappa shape index (κ3) is 4.95. The van der Waals surface area contributed by atoms with Gasteiger partial charge in [-0.05, 0) is 77.7 Å². The van der Waals surface area contributed by atoms with Gasteiger partial charge in [-0.25, -0.2) is 0 Å². The molecule has 0 spiro atoms. The van der Waals surface area contributed by atoms with E-state index in [9.17, 15) is 14.4 Å². The van der Waals surface area contributed by atoms with Gasteiger partial charge < -0.3 is 14.4 Å². The van der Waals surface area contributed by atoms with Crippen molar-refractivity contribution < 1.29 is 23.9 Å². The van der Waals surface area contributed by atoms with Crippen molar-refractivity contribution in [1.29, 1.82) is 0 Å². The lowest BCUT2D eigenvalue weighted by Gasteiger charge is -2.27. The lowest BCUT2D eigenvalue weighted by Crippen LogP contribution is -2.44. The fourth-order valence-corrected chi connectivity index (χ4v) is 4.76. The van der Waals surface area contributed by atoms with Gasteiger partial charge in [0.1, 0.15) is 6.54 Å². The van der Waals surface area contributed by atoms with Gasteiger partial charge in [-0.3, -0.25) is 19.3 Å².